The lowest BCUT2D eigenvalue weighted by atomic mass is 10.0. The Morgan fingerprint density at radius 1 is 1.17 bits per heavy atom. The average Bonchev–Trinajstić information content (AvgIpc) is 2.96. The van der Waals surface area contributed by atoms with Crippen LogP contribution in [-0.4, -0.2) is 73.4 Å². The van der Waals surface area contributed by atoms with Gasteiger partial charge < -0.3 is 30.3 Å². The molecule has 2 aromatic heterocycles. The number of hydrogen-bond acceptors (Lipinski definition) is 9. The van der Waals surface area contributed by atoms with Crippen LogP contribution in [-0.2, 0) is 11.3 Å². The standard InChI is InChI=1S/C31H38FN7O2/c1-38(2)19-22-15-25(32)30(27(16-22)40-3)31-34-11-8-28(37-31)36-29-17-26(39-12-4-5-24(33)20-39)23(18-35-29)7-6-21-9-13-41-14-10-21/h8,11,15-18,21,24H,4-5,9-10,12-14,19-20,33H2,1-3H3,(H,34,35,36,37)/t24-/m0/s1. The third-order valence-corrected chi connectivity index (χ3v) is 7.28. The Labute approximate surface area is 241 Å². The summed E-state index contributed by atoms with van der Waals surface area (Å²) in [6, 6.07) is 7.15. The van der Waals surface area contributed by atoms with Crippen molar-refractivity contribution in [3.05, 3.63) is 53.6 Å². The summed E-state index contributed by atoms with van der Waals surface area (Å²) in [5.74, 6) is 8.41. The lowest BCUT2D eigenvalue weighted by Gasteiger charge is -2.33. The molecule has 2 aliphatic heterocycles. The fraction of sp³-hybridized carbons (Fsp3) is 0.452. The van der Waals surface area contributed by atoms with Gasteiger partial charge in [-0.1, -0.05) is 11.8 Å². The predicted molar refractivity (Wildman–Crippen MR) is 159 cm³/mol. The third-order valence-electron chi connectivity index (χ3n) is 7.28. The van der Waals surface area contributed by atoms with E-state index in [1.807, 2.05) is 31.1 Å². The molecule has 0 bridgehead atoms. The Morgan fingerprint density at radius 2 is 2.00 bits per heavy atom. The van der Waals surface area contributed by atoms with E-state index in [4.69, 9.17) is 15.2 Å². The van der Waals surface area contributed by atoms with Gasteiger partial charge >= 0.3 is 0 Å². The number of methoxy groups -OCH3 is 1. The van der Waals surface area contributed by atoms with Crippen LogP contribution in [0, 0.1) is 23.6 Å². The van der Waals surface area contributed by atoms with Crippen molar-refractivity contribution in [2.24, 2.45) is 11.7 Å². The molecular weight excluding hydrogens is 521 g/mol. The van der Waals surface area contributed by atoms with Gasteiger partial charge in [-0.15, -0.1) is 0 Å². The number of nitrogens with two attached hydrogens (primary N) is 1. The van der Waals surface area contributed by atoms with Crippen LogP contribution in [0.1, 0.15) is 36.8 Å². The highest BCUT2D eigenvalue weighted by molar-refractivity contribution is 5.69. The smallest absolute Gasteiger partial charge is 0.168 e. The SMILES string of the molecule is COc1cc(CN(C)C)cc(F)c1-c1nccc(Nc2cc(N3CCC[C@H](N)C3)c(C#CC3CCOCC3)cn2)n1. The number of aromatic nitrogens is 3. The van der Waals surface area contributed by atoms with Gasteiger partial charge in [-0.2, -0.15) is 0 Å². The summed E-state index contributed by atoms with van der Waals surface area (Å²) in [7, 11) is 5.38. The number of ether oxygens (including phenoxy) is 2. The Hall–Kier alpha value is -3.78. The fourth-order valence-corrected chi connectivity index (χ4v) is 5.27. The molecule has 9 nitrogen and oxygen atoms in total. The van der Waals surface area contributed by atoms with E-state index in [0.717, 1.165) is 68.8 Å². The normalized spacial score (nSPS) is 17.7. The van der Waals surface area contributed by atoms with Crippen molar-refractivity contribution in [1.29, 1.82) is 0 Å². The van der Waals surface area contributed by atoms with E-state index in [1.54, 1.807) is 18.5 Å². The van der Waals surface area contributed by atoms with Gasteiger partial charge in [-0.25, -0.2) is 19.3 Å². The highest BCUT2D eigenvalue weighted by Crippen LogP contribution is 2.33. The Morgan fingerprint density at radius 3 is 2.76 bits per heavy atom. The molecule has 216 valence electrons. The summed E-state index contributed by atoms with van der Waals surface area (Å²) in [6.45, 7) is 3.76. The monoisotopic (exact) mass is 559 g/mol. The number of nitrogens with one attached hydrogen (secondary N) is 1. The zero-order valence-corrected chi connectivity index (χ0v) is 24.0. The van der Waals surface area contributed by atoms with Crippen LogP contribution >= 0.6 is 0 Å². The van der Waals surface area contributed by atoms with Crippen LogP contribution in [0.15, 0.2) is 36.7 Å². The number of anilines is 3. The van der Waals surface area contributed by atoms with E-state index in [0.29, 0.717) is 29.8 Å². The second kappa shape index (κ2) is 13.3. The van der Waals surface area contributed by atoms with Crippen molar-refractivity contribution < 1.29 is 13.9 Å². The minimum atomic E-state index is -0.437. The highest BCUT2D eigenvalue weighted by atomic mass is 19.1. The summed E-state index contributed by atoms with van der Waals surface area (Å²) < 4.78 is 26.3. The number of nitrogens with zero attached hydrogens (tertiary/aromatic N) is 5. The maximum Gasteiger partial charge on any atom is 0.168 e. The van der Waals surface area contributed by atoms with Gasteiger partial charge in [0.15, 0.2) is 5.82 Å². The maximum atomic E-state index is 15.3. The van der Waals surface area contributed by atoms with Crippen molar-refractivity contribution in [3.63, 3.8) is 0 Å². The number of benzene rings is 1. The molecule has 10 heteroatoms. The van der Waals surface area contributed by atoms with E-state index in [9.17, 15) is 0 Å². The number of hydrogen-bond donors (Lipinski definition) is 2. The van der Waals surface area contributed by atoms with Gasteiger partial charge in [0.2, 0.25) is 0 Å². The molecule has 2 aliphatic rings. The van der Waals surface area contributed by atoms with Gasteiger partial charge in [0.25, 0.3) is 0 Å². The van der Waals surface area contributed by atoms with Crippen molar-refractivity contribution in [2.75, 3.05) is 57.7 Å². The summed E-state index contributed by atoms with van der Waals surface area (Å²) >= 11 is 0. The second-order valence-corrected chi connectivity index (χ2v) is 10.9. The predicted octanol–water partition coefficient (Wildman–Crippen LogP) is 4.20. The number of piperidine rings is 1. The molecule has 1 atom stereocenters. The lowest BCUT2D eigenvalue weighted by molar-refractivity contribution is 0.0807. The molecule has 0 unspecified atom stereocenters. The molecular formula is C31H38FN7O2. The third kappa shape index (κ3) is 7.30. The van der Waals surface area contributed by atoms with Gasteiger partial charge in [0.1, 0.15) is 23.2 Å². The first-order valence-electron chi connectivity index (χ1n) is 14.1. The largest absolute Gasteiger partial charge is 0.496 e. The number of rotatable bonds is 7. The molecule has 4 heterocycles. The second-order valence-electron chi connectivity index (χ2n) is 10.9. The topological polar surface area (TPSA) is 102 Å². The number of halogens is 1. The van der Waals surface area contributed by atoms with Crippen LogP contribution in [0.5, 0.6) is 5.75 Å². The van der Waals surface area contributed by atoms with Crippen LogP contribution in [0.3, 0.4) is 0 Å². The minimum Gasteiger partial charge on any atom is -0.496 e. The van der Waals surface area contributed by atoms with Crippen molar-refractivity contribution in [3.8, 4) is 29.0 Å². The Balaban J connectivity index is 1.43. The van der Waals surface area contributed by atoms with Crippen LogP contribution in [0.25, 0.3) is 11.4 Å². The van der Waals surface area contributed by atoms with Crippen LogP contribution in [0.2, 0.25) is 0 Å². The molecule has 0 saturated carbocycles. The zero-order valence-electron chi connectivity index (χ0n) is 24.0. The van der Waals surface area contributed by atoms with Crippen LogP contribution in [0.4, 0.5) is 21.7 Å². The Bertz CT molecular complexity index is 1420. The Kier molecular flexibility index (Phi) is 9.29. The molecule has 5 rings (SSSR count). The molecule has 0 amide bonds. The van der Waals surface area contributed by atoms with Gasteiger partial charge in [0.05, 0.1) is 23.9 Å². The van der Waals surface area contributed by atoms with E-state index in [1.165, 1.54) is 13.2 Å². The van der Waals surface area contributed by atoms with Crippen molar-refractivity contribution in [1.82, 2.24) is 19.9 Å². The van der Waals surface area contributed by atoms with Gasteiger partial charge in [-0.3, -0.25) is 0 Å². The van der Waals surface area contributed by atoms with Gasteiger partial charge in [0, 0.05) is 63.3 Å². The van der Waals surface area contributed by atoms with E-state index in [2.05, 4.69) is 37.0 Å². The molecule has 0 spiro atoms. The van der Waals surface area contributed by atoms with E-state index >= 15 is 4.39 Å². The summed E-state index contributed by atoms with van der Waals surface area (Å²) in [5, 5.41) is 3.28. The van der Waals surface area contributed by atoms with E-state index < -0.39 is 5.82 Å². The lowest BCUT2D eigenvalue weighted by Crippen LogP contribution is -2.43. The number of pyridine rings is 1. The molecule has 2 fully saturated rings. The zero-order chi connectivity index (χ0) is 28.8. The van der Waals surface area contributed by atoms with Crippen LogP contribution < -0.4 is 20.7 Å². The van der Waals surface area contributed by atoms with Crippen molar-refractivity contribution in [2.45, 2.75) is 38.3 Å². The first-order chi connectivity index (χ1) is 19.9. The molecule has 1 aromatic carbocycles. The summed E-state index contributed by atoms with van der Waals surface area (Å²) in [5.41, 5.74) is 9.22. The first kappa shape index (κ1) is 28.7. The first-order valence-corrected chi connectivity index (χ1v) is 14.1. The average molecular weight is 560 g/mol. The summed E-state index contributed by atoms with van der Waals surface area (Å²) in [6.07, 6.45) is 7.33. The molecule has 2 saturated heterocycles. The quantitative estimate of drug-likeness (QED) is 0.413. The van der Waals surface area contributed by atoms with Gasteiger partial charge in [-0.05, 0) is 63.5 Å². The molecule has 0 aliphatic carbocycles. The molecule has 3 aromatic rings. The minimum absolute atomic E-state index is 0.114. The summed E-state index contributed by atoms with van der Waals surface area (Å²) in [4.78, 5) is 17.8. The van der Waals surface area contributed by atoms with E-state index in [-0.39, 0.29) is 17.4 Å². The van der Waals surface area contributed by atoms with Crippen molar-refractivity contribution >= 4 is 17.3 Å². The molecule has 0 radical (unpaired) electrons. The molecule has 41 heavy (non-hydrogen) atoms. The molecule has 3 N–H and O–H groups in total. The maximum absolute atomic E-state index is 15.3. The highest BCUT2D eigenvalue weighted by Gasteiger charge is 2.21. The fourth-order valence-electron chi connectivity index (χ4n) is 5.27.